The molecule has 2 aromatic carbocycles. The molecule has 0 N–H and O–H groups in total. The van der Waals surface area contributed by atoms with Crippen LogP contribution in [0.3, 0.4) is 0 Å². The Morgan fingerprint density at radius 1 is 0.967 bits per heavy atom. The topological polar surface area (TPSA) is 49.3 Å². The van der Waals surface area contributed by atoms with Crippen molar-refractivity contribution in [2.45, 2.75) is 40.5 Å². The average molecular weight is 412 g/mol. The highest BCUT2D eigenvalue weighted by molar-refractivity contribution is 6.00. The number of aryl methyl sites for hydroxylation is 2. The highest BCUT2D eigenvalue weighted by Gasteiger charge is 2.08. The number of allylic oxidation sites excluding steroid dienone is 1. The summed E-state index contributed by atoms with van der Waals surface area (Å²) in [6, 6.07) is 11.9. The first-order chi connectivity index (χ1) is 14.6. The molecule has 0 aliphatic heterocycles. The van der Waals surface area contributed by atoms with Gasteiger partial charge in [0.1, 0.15) is 31.0 Å². The third-order valence-electron chi connectivity index (χ3n) is 4.52. The molecule has 0 aromatic heterocycles. The van der Waals surface area contributed by atoms with E-state index < -0.39 is 0 Å². The quantitative estimate of drug-likeness (QED) is 0.190. The zero-order valence-corrected chi connectivity index (χ0v) is 18.7. The molecule has 30 heavy (non-hydrogen) atoms. The van der Waals surface area contributed by atoms with Crippen molar-refractivity contribution in [3.8, 4) is 17.2 Å². The molecule has 0 spiro atoms. The van der Waals surface area contributed by atoms with E-state index in [0.29, 0.717) is 19.8 Å². The molecule has 0 atom stereocenters. The Balaban J connectivity index is 1.84. The lowest BCUT2D eigenvalue weighted by Gasteiger charge is -2.15. The van der Waals surface area contributed by atoms with E-state index in [2.05, 4.69) is 5.16 Å². The predicted octanol–water partition coefficient (Wildman–Crippen LogP) is 5.87. The summed E-state index contributed by atoms with van der Waals surface area (Å²) in [5, 5.41) is 4.07. The molecule has 0 radical (unpaired) electrons. The Bertz CT molecular complexity index is 835. The molecule has 162 valence electrons. The predicted molar refractivity (Wildman–Crippen MR) is 122 cm³/mol. The molecule has 0 aliphatic carbocycles. The van der Waals surface area contributed by atoms with Crippen molar-refractivity contribution < 1.29 is 19.0 Å². The van der Waals surface area contributed by atoms with E-state index in [1.807, 2.05) is 76.2 Å². The molecule has 0 unspecified atom stereocenters. The number of hydrogen-bond acceptors (Lipinski definition) is 5. The van der Waals surface area contributed by atoms with Gasteiger partial charge in [-0.05, 0) is 62.6 Å². The molecule has 0 heterocycles. The molecule has 2 rings (SSSR count). The van der Waals surface area contributed by atoms with Crippen LogP contribution >= 0.6 is 0 Å². The summed E-state index contributed by atoms with van der Waals surface area (Å²) in [6.07, 6.45) is 5.54. The summed E-state index contributed by atoms with van der Waals surface area (Å²) in [4.78, 5) is 4.92. The second-order valence-electron chi connectivity index (χ2n) is 6.92. The molecule has 2 aromatic rings. The van der Waals surface area contributed by atoms with Gasteiger partial charge >= 0.3 is 0 Å². The van der Waals surface area contributed by atoms with E-state index in [1.165, 1.54) is 0 Å². The Labute approximate surface area is 180 Å². The molecule has 0 amide bonds. The highest BCUT2D eigenvalue weighted by atomic mass is 16.6. The first-order valence-corrected chi connectivity index (χ1v) is 10.4. The fourth-order valence-electron chi connectivity index (χ4n) is 3.08. The number of nitrogens with zero attached hydrogens (tertiary/aromatic N) is 1. The minimum Gasteiger partial charge on any atom is -0.493 e. The van der Waals surface area contributed by atoms with E-state index >= 15 is 0 Å². The maximum atomic E-state index is 6.01. The first-order valence-electron chi connectivity index (χ1n) is 10.4. The van der Waals surface area contributed by atoms with Crippen LogP contribution in [0.15, 0.2) is 53.7 Å². The Morgan fingerprint density at radius 2 is 1.70 bits per heavy atom. The van der Waals surface area contributed by atoms with Crippen LogP contribution in [-0.2, 0) is 4.84 Å². The number of rotatable bonds is 12. The number of benzene rings is 2. The van der Waals surface area contributed by atoms with Crippen LogP contribution in [0.5, 0.6) is 17.2 Å². The Morgan fingerprint density at radius 3 is 2.37 bits per heavy atom. The average Bonchev–Trinajstić information content (AvgIpc) is 2.74. The van der Waals surface area contributed by atoms with Crippen LogP contribution in [0.2, 0.25) is 0 Å². The lowest BCUT2D eigenvalue weighted by atomic mass is 10.1. The standard InChI is InChI=1S/C25H33NO4/c1-6-8-13-29-23-16-19(3)25(20(4)17-23)30-15-10-14-28-22-12-9-11-21(18-22)24(7-2)26-27-5/h6,8-9,11-12,16-18H,7,10,13-15H2,1-5H3/b8-6+,26-24+. The van der Waals surface area contributed by atoms with Gasteiger partial charge in [-0.1, -0.05) is 36.4 Å². The van der Waals surface area contributed by atoms with Crippen molar-refractivity contribution in [3.63, 3.8) is 0 Å². The summed E-state index contributed by atoms with van der Waals surface area (Å²) in [7, 11) is 1.56. The number of oxime groups is 1. The maximum Gasteiger partial charge on any atom is 0.125 e. The highest BCUT2D eigenvalue weighted by Crippen LogP contribution is 2.28. The van der Waals surface area contributed by atoms with Crippen LogP contribution in [-0.4, -0.2) is 32.6 Å². The van der Waals surface area contributed by atoms with Gasteiger partial charge in [-0.15, -0.1) is 0 Å². The third kappa shape index (κ3) is 7.14. The molecule has 0 saturated heterocycles. The van der Waals surface area contributed by atoms with Crippen molar-refractivity contribution in [2.75, 3.05) is 26.9 Å². The van der Waals surface area contributed by atoms with Crippen LogP contribution < -0.4 is 14.2 Å². The van der Waals surface area contributed by atoms with Gasteiger partial charge in [-0.25, -0.2) is 0 Å². The van der Waals surface area contributed by atoms with Gasteiger partial charge in [0.2, 0.25) is 0 Å². The van der Waals surface area contributed by atoms with Crippen molar-refractivity contribution in [3.05, 3.63) is 65.2 Å². The third-order valence-corrected chi connectivity index (χ3v) is 4.52. The molecule has 0 bridgehead atoms. The minimum absolute atomic E-state index is 0.575. The summed E-state index contributed by atoms with van der Waals surface area (Å²) in [5.41, 5.74) is 4.05. The lowest BCUT2D eigenvalue weighted by molar-refractivity contribution is 0.213. The molecule has 0 aliphatic rings. The van der Waals surface area contributed by atoms with E-state index in [9.17, 15) is 0 Å². The van der Waals surface area contributed by atoms with Crippen molar-refractivity contribution in [2.24, 2.45) is 5.16 Å². The van der Waals surface area contributed by atoms with Crippen LogP contribution in [0.4, 0.5) is 0 Å². The number of ether oxygens (including phenoxy) is 3. The van der Waals surface area contributed by atoms with Gasteiger partial charge in [0, 0.05) is 12.0 Å². The molecule has 0 fully saturated rings. The van der Waals surface area contributed by atoms with E-state index in [1.54, 1.807) is 7.11 Å². The zero-order chi connectivity index (χ0) is 21.8. The van der Waals surface area contributed by atoms with Gasteiger partial charge in [-0.2, -0.15) is 0 Å². The van der Waals surface area contributed by atoms with Gasteiger partial charge in [0.25, 0.3) is 0 Å². The zero-order valence-electron chi connectivity index (χ0n) is 18.7. The van der Waals surface area contributed by atoms with Gasteiger partial charge < -0.3 is 19.0 Å². The first kappa shape index (κ1) is 23.3. The van der Waals surface area contributed by atoms with Crippen molar-refractivity contribution >= 4 is 5.71 Å². The van der Waals surface area contributed by atoms with E-state index in [4.69, 9.17) is 19.0 Å². The molecule has 5 heteroatoms. The second-order valence-corrected chi connectivity index (χ2v) is 6.92. The van der Waals surface area contributed by atoms with E-state index in [-0.39, 0.29) is 0 Å². The number of hydrogen-bond donors (Lipinski definition) is 0. The maximum absolute atomic E-state index is 6.01. The van der Waals surface area contributed by atoms with Crippen molar-refractivity contribution in [1.82, 2.24) is 0 Å². The largest absolute Gasteiger partial charge is 0.493 e. The minimum atomic E-state index is 0.575. The molecule has 5 nitrogen and oxygen atoms in total. The smallest absolute Gasteiger partial charge is 0.125 e. The second kappa shape index (κ2) is 12.6. The van der Waals surface area contributed by atoms with Crippen LogP contribution in [0, 0.1) is 13.8 Å². The van der Waals surface area contributed by atoms with Crippen molar-refractivity contribution in [1.29, 1.82) is 0 Å². The van der Waals surface area contributed by atoms with Crippen LogP contribution in [0.25, 0.3) is 0 Å². The Kier molecular flexibility index (Phi) is 9.78. The van der Waals surface area contributed by atoms with Gasteiger partial charge in [0.15, 0.2) is 0 Å². The summed E-state index contributed by atoms with van der Waals surface area (Å²) in [5.74, 6) is 2.60. The monoisotopic (exact) mass is 411 g/mol. The summed E-state index contributed by atoms with van der Waals surface area (Å²) in [6.45, 7) is 9.86. The SMILES string of the molecule is C/C=C/COc1cc(C)c(OCCCOc2cccc(/C(CC)=N/OC)c2)c(C)c1. The fourth-order valence-corrected chi connectivity index (χ4v) is 3.08. The molecular formula is C25H33NO4. The summed E-state index contributed by atoms with van der Waals surface area (Å²) < 4.78 is 17.6. The summed E-state index contributed by atoms with van der Waals surface area (Å²) >= 11 is 0. The van der Waals surface area contributed by atoms with E-state index in [0.717, 1.165) is 52.5 Å². The Hall–Kier alpha value is -2.95. The normalized spacial score (nSPS) is 11.6. The van der Waals surface area contributed by atoms with Crippen LogP contribution in [0.1, 0.15) is 43.4 Å². The van der Waals surface area contributed by atoms with Gasteiger partial charge in [0.05, 0.1) is 18.9 Å². The lowest BCUT2D eigenvalue weighted by Crippen LogP contribution is -2.07. The van der Waals surface area contributed by atoms with Gasteiger partial charge in [-0.3, -0.25) is 0 Å². The fraction of sp³-hybridized carbons (Fsp3) is 0.400. The molecular weight excluding hydrogens is 378 g/mol. The molecule has 0 saturated carbocycles.